The van der Waals surface area contributed by atoms with Crippen molar-refractivity contribution in [2.24, 2.45) is 0 Å². The van der Waals surface area contributed by atoms with Crippen LogP contribution in [-0.4, -0.2) is 48.9 Å². The number of benzene rings is 1. The highest BCUT2D eigenvalue weighted by Crippen LogP contribution is 2.12. The fraction of sp³-hybridized carbons (Fsp3) is 0.400. The van der Waals surface area contributed by atoms with Gasteiger partial charge in [0.1, 0.15) is 0 Å². The Hall–Kier alpha value is -3.44. The van der Waals surface area contributed by atoms with Gasteiger partial charge in [-0.15, -0.1) is 6.58 Å². The zero-order valence-corrected chi connectivity index (χ0v) is 22.5. The standard InChI is InChI=1S/C26H34N2O2.C2H2N2O.C2H6/c1-4-7-21-10-12-22(13-11-21)19-28(20-26-29-16-17-30-26)15-14-23-18-27-25(9-6-3)24(23)8-5-2;3-1-4-2-5;1-2/h4,6,8-13,18,26-27H,1,3,5,7,14-17,19-20H2,2H3;2H,(H,4,5);1-2H3/b24-8-,25-9+;;. The summed E-state index contributed by atoms with van der Waals surface area (Å²) < 4.78 is 11.4. The number of rotatable bonds is 12. The number of hydrogen-bond acceptors (Lipinski definition) is 5. The molecule has 3 rings (SSSR count). The maximum atomic E-state index is 9.07. The third-order valence-electron chi connectivity index (χ3n) is 5.46. The van der Waals surface area contributed by atoms with Gasteiger partial charge in [0.2, 0.25) is 6.41 Å². The first kappa shape index (κ1) is 31.6. The number of allylic oxidation sites excluding steroid dienone is 2. The number of H-pyrrole nitrogens is 1. The van der Waals surface area contributed by atoms with Crippen LogP contribution >= 0.6 is 0 Å². The van der Waals surface area contributed by atoms with Gasteiger partial charge in [0.15, 0.2) is 12.5 Å². The van der Waals surface area contributed by atoms with Crippen molar-refractivity contribution in [1.82, 2.24) is 15.2 Å². The molecule has 1 aromatic heterocycles. The topological polar surface area (TPSA) is 90.4 Å². The van der Waals surface area contributed by atoms with Crippen LogP contribution < -0.4 is 15.9 Å². The quantitative estimate of drug-likeness (QED) is 0.199. The first-order valence-corrected chi connectivity index (χ1v) is 12.9. The van der Waals surface area contributed by atoms with Gasteiger partial charge in [-0.05, 0) is 47.2 Å². The molecule has 1 fully saturated rings. The zero-order valence-electron chi connectivity index (χ0n) is 22.5. The van der Waals surface area contributed by atoms with E-state index in [1.54, 1.807) is 5.32 Å². The van der Waals surface area contributed by atoms with Crippen LogP contribution in [0.4, 0.5) is 0 Å². The molecule has 0 radical (unpaired) electrons. The van der Waals surface area contributed by atoms with Crippen LogP contribution in [0.5, 0.6) is 0 Å². The Morgan fingerprint density at radius 2 is 1.86 bits per heavy atom. The Kier molecular flexibility index (Phi) is 16.8. The molecule has 0 spiro atoms. The van der Waals surface area contributed by atoms with Crippen LogP contribution in [-0.2, 0) is 33.7 Å². The molecule has 1 aromatic carbocycles. The highest BCUT2D eigenvalue weighted by molar-refractivity contribution is 5.48. The van der Waals surface area contributed by atoms with E-state index in [2.05, 4.69) is 66.5 Å². The van der Waals surface area contributed by atoms with Crippen LogP contribution in [0, 0.1) is 11.5 Å². The summed E-state index contributed by atoms with van der Waals surface area (Å²) in [7, 11) is 0. The summed E-state index contributed by atoms with van der Waals surface area (Å²) in [6, 6.07) is 8.81. The Labute approximate surface area is 221 Å². The minimum atomic E-state index is -0.136. The molecule has 2 heterocycles. The van der Waals surface area contributed by atoms with Crippen LogP contribution in [0.25, 0.3) is 12.2 Å². The second-order valence-electron chi connectivity index (χ2n) is 8.00. The number of carbonyl (C=O) groups is 1. The zero-order chi connectivity index (χ0) is 27.3. The molecular formula is C30H42N4O3. The van der Waals surface area contributed by atoms with Crippen molar-refractivity contribution in [2.45, 2.75) is 52.9 Å². The summed E-state index contributed by atoms with van der Waals surface area (Å²) >= 11 is 0. The van der Waals surface area contributed by atoms with Gasteiger partial charge in [-0.2, -0.15) is 5.26 Å². The molecule has 2 aromatic rings. The molecule has 0 atom stereocenters. The van der Waals surface area contributed by atoms with E-state index in [0.29, 0.717) is 19.6 Å². The number of ether oxygens (including phenoxy) is 2. The lowest BCUT2D eigenvalue weighted by molar-refractivity contribution is -0.108. The van der Waals surface area contributed by atoms with Gasteiger partial charge in [-0.25, -0.2) is 0 Å². The van der Waals surface area contributed by atoms with E-state index in [0.717, 1.165) is 44.2 Å². The largest absolute Gasteiger partial charge is 0.361 e. The summed E-state index contributed by atoms with van der Waals surface area (Å²) in [5.74, 6) is 0. The second kappa shape index (κ2) is 19.7. The summed E-state index contributed by atoms with van der Waals surface area (Å²) in [5, 5.41) is 11.6. The molecule has 1 saturated heterocycles. The number of nitrogens with zero attached hydrogens (tertiary/aromatic N) is 2. The molecule has 1 aliphatic heterocycles. The third kappa shape index (κ3) is 11.9. The van der Waals surface area contributed by atoms with Gasteiger partial charge in [0, 0.05) is 31.2 Å². The number of carbonyl (C=O) groups excluding carboxylic acids is 1. The van der Waals surface area contributed by atoms with Gasteiger partial charge in [-0.3, -0.25) is 15.0 Å². The fourth-order valence-electron chi connectivity index (χ4n) is 3.87. The number of amides is 1. The van der Waals surface area contributed by atoms with Crippen molar-refractivity contribution in [3.63, 3.8) is 0 Å². The molecule has 0 saturated carbocycles. The van der Waals surface area contributed by atoms with Crippen LogP contribution in [0.15, 0.2) is 55.8 Å². The Bertz CT molecular complexity index is 1080. The van der Waals surface area contributed by atoms with Gasteiger partial charge >= 0.3 is 0 Å². The second-order valence-corrected chi connectivity index (χ2v) is 8.00. The average Bonchev–Trinajstić information content (AvgIpc) is 3.57. The Balaban J connectivity index is 0.000000874. The molecule has 1 amide bonds. The molecule has 7 nitrogen and oxygen atoms in total. The number of nitriles is 1. The normalized spacial score (nSPS) is 13.7. The van der Waals surface area contributed by atoms with Crippen LogP contribution in [0.3, 0.4) is 0 Å². The lowest BCUT2D eigenvalue weighted by Gasteiger charge is -2.25. The average molecular weight is 507 g/mol. The number of aromatic amines is 1. The first-order valence-electron chi connectivity index (χ1n) is 12.9. The maximum Gasteiger partial charge on any atom is 0.220 e. The lowest BCUT2D eigenvalue weighted by Crippen LogP contribution is -2.35. The van der Waals surface area contributed by atoms with E-state index in [1.165, 1.54) is 28.1 Å². The van der Waals surface area contributed by atoms with Crippen molar-refractivity contribution < 1.29 is 14.3 Å². The molecule has 2 N–H and O–H groups in total. The number of aromatic nitrogens is 1. The number of hydrogen-bond donors (Lipinski definition) is 2. The molecule has 7 heteroatoms. The highest BCUT2D eigenvalue weighted by Gasteiger charge is 2.20. The van der Waals surface area contributed by atoms with Gasteiger partial charge in [0.05, 0.1) is 13.2 Å². The van der Waals surface area contributed by atoms with Crippen molar-refractivity contribution in [3.8, 4) is 6.19 Å². The molecule has 37 heavy (non-hydrogen) atoms. The third-order valence-corrected chi connectivity index (χ3v) is 5.46. The Morgan fingerprint density at radius 3 is 2.41 bits per heavy atom. The van der Waals surface area contributed by atoms with Crippen molar-refractivity contribution in [1.29, 1.82) is 5.26 Å². The minimum Gasteiger partial charge on any atom is -0.361 e. The summed E-state index contributed by atoms with van der Waals surface area (Å²) in [6.07, 6.45) is 14.7. The molecule has 1 aliphatic rings. The van der Waals surface area contributed by atoms with Crippen LogP contribution in [0.2, 0.25) is 0 Å². The van der Waals surface area contributed by atoms with E-state index in [-0.39, 0.29) is 6.29 Å². The molecule has 0 bridgehead atoms. The molecule has 0 aliphatic carbocycles. The summed E-state index contributed by atoms with van der Waals surface area (Å²) in [4.78, 5) is 14.9. The van der Waals surface area contributed by atoms with Gasteiger partial charge in [0.25, 0.3) is 0 Å². The maximum absolute atomic E-state index is 9.07. The van der Waals surface area contributed by atoms with Gasteiger partial charge < -0.3 is 14.5 Å². The Morgan fingerprint density at radius 1 is 1.19 bits per heavy atom. The predicted octanol–water partition coefficient (Wildman–Crippen LogP) is 3.56. The minimum absolute atomic E-state index is 0.136. The smallest absolute Gasteiger partial charge is 0.220 e. The molecule has 200 valence electrons. The summed E-state index contributed by atoms with van der Waals surface area (Å²) in [6.45, 7) is 17.8. The molecular weight excluding hydrogens is 464 g/mol. The van der Waals surface area contributed by atoms with E-state index in [9.17, 15) is 0 Å². The monoisotopic (exact) mass is 506 g/mol. The van der Waals surface area contributed by atoms with Crippen LogP contribution in [0.1, 0.15) is 43.9 Å². The summed E-state index contributed by atoms with van der Waals surface area (Å²) in [5.41, 5.74) is 3.93. The molecule has 0 unspecified atom stereocenters. The predicted molar refractivity (Wildman–Crippen MR) is 151 cm³/mol. The van der Waals surface area contributed by atoms with E-state index in [1.807, 2.05) is 32.1 Å². The van der Waals surface area contributed by atoms with E-state index >= 15 is 0 Å². The number of nitrogens with one attached hydrogen (secondary N) is 2. The van der Waals surface area contributed by atoms with Crippen molar-refractivity contribution >= 4 is 18.6 Å². The van der Waals surface area contributed by atoms with Gasteiger partial charge in [-0.1, -0.05) is 69.8 Å². The lowest BCUT2D eigenvalue weighted by atomic mass is 10.1. The van der Waals surface area contributed by atoms with E-state index < -0.39 is 0 Å². The van der Waals surface area contributed by atoms with Crippen molar-refractivity contribution in [2.75, 3.05) is 26.3 Å². The SMILES string of the molecule is C=C/C=c1/[nH]cc(CCN(Cc2ccc(CC=C)cc2)CC2OCCO2)/c1=C/CC.CC.N#CNC=O. The van der Waals surface area contributed by atoms with E-state index in [4.69, 9.17) is 19.5 Å². The van der Waals surface area contributed by atoms with Crippen molar-refractivity contribution in [3.05, 3.63) is 83.0 Å². The fourth-order valence-corrected chi connectivity index (χ4v) is 3.87. The highest BCUT2D eigenvalue weighted by atomic mass is 16.7. The first-order chi connectivity index (χ1) is 18.1.